The third kappa shape index (κ3) is 5.15. The lowest BCUT2D eigenvalue weighted by Gasteiger charge is -2.14. The summed E-state index contributed by atoms with van der Waals surface area (Å²) in [7, 11) is 1.54. The summed E-state index contributed by atoms with van der Waals surface area (Å²) >= 11 is 6.15. The van der Waals surface area contributed by atoms with Gasteiger partial charge < -0.3 is 19.4 Å². The van der Waals surface area contributed by atoms with Gasteiger partial charge in [-0.05, 0) is 56.7 Å². The van der Waals surface area contributed by atoms with E-state index in [0.29, 0.717) is 39.0 Å². The molecule has 3 aromatic rings. The Labute approximate surface area is 195 Å². The van der Waals surface area contributed by atoms with Crippen molar-refractivity contribution in [2.24, 2.45) is 0 Å². The normalized spacial score (nSPS) is 10.6. The van der Waals surface area contributed by atoms with E-state index in [2.05, 4.69) is 5.32 Å². The van der Waals surface area contributed by atoms with Gasteiger partial charge in [0, 0.05) is 34.2 Å². The maximum absolute atomic E-state index is 12.7. The first-order chi connectivity index (χ1) is 15.6. The van der Waals surface area contributed by atoms with Gasteiger partial charge in [0.25, 0.3) is 11.6 Å². The number of hydrogen-bond acceptors (Lipinski definition) is 6. The molecule has 0 saturated heterocycles. The Bertz CT molecular complexity index is 1250. The van der Waals surface area contributed by atoms with Gasteiger partial charge in [0.1, 0.15) is 5.75 Å². The monoisotopic (exact) mass is 471 g/mol. The quantitative estimate of drug-likeness (QED) is 0.302. The minimum atomic E-state index is -0.661. The summed E-state index contributed by atoms with van der Waals surface area (Å²) in [5.74, 6) is -0.643. The van der Waals surface area contributed by atoms with Crippen molar-refractivity contribution in [2.75, 3.05) is 19.0 Å². The minimum Gasteiger partial charge on any atom is -0.495 e. The molecule has 0 aliphatic carbocycles. The van der Waals surface area contributed by atoms with Gasteiger partial charge in [0.2, 0.25) is 0 Å². The number of carbonyl (C=O) groups excluding carboxylic acids is 2. The molecule has 9 nitrogen and oxygen atoms in total. The number of esters is 1. The van der Waals surface area contributed by atoms with Crippen molar-refractivity contribution in [1.82, 2.24) is 4.57 Å². The number of carbonyl (C=O) groups is 2. The Hall–Kier alpha value is -3.85. The molecular formula is C23H22ClN3O6. The van der Waals surface area contributed by atoms with Crippen molar-refractivity contribution < 1.29 is 24.0 Å². The van der Waals surface area contributed by atoms with E-state index in [1.807, 2.05) is 11.5 Å². The zero-order valence-corrected chi connectivity index (χ0v) is 19.2. The van der Waals surface area contributed by atoms with Gasteiger partial charge in [-0.15, -0.1) is 0 Å². The number of non-ortho nitro benzene ring substituents is 1. The molecule has 0 aliphatic rings. The van der Waals surface area contributed by atoms with E-state index in [-0.39, 0.29) is 5.69 Å². The second kappa shape index (κ2) is 9.74. The number of anilines is 1. The Morgan fingerprint density at radius 1 is 1.12 bits per heavy atom. The van der Waals surface area contributed by atoms with Crippen molar-refractivity contribution >= 4 is 34.9 Å². The molecule has 0 atom stereocenters. The van der Waals surface area contributed by atoms with Crippen LogP contribution in [0.25, 0.3) is 5.69 Å². The molecule has 172 valence electrons. The Morgan fingerprint density at radius 3 is 2.48 bits per heavy atom. The SMILES string of the molecule is COc1ccc(Cl)cc1-n1c(C)cc(C(=O)OCC(=O)Nc2ccc([N+](=O)[O-])cc2C)c1C. The van der Waals surface area contributed by atoms with Crippen molar-refractivity contribution in [3.05, 3.63) is 80.1 Å². The molecule has 3 rings (SSSR count). The molecule has 10 heteroatoms. The van der Waals surface area contributed by atoms with E-state index in [9.17, 15) is 19.7 Å². The maximum atomic E-state index is 12.7. The first-order valence-corrected chi connectivity index (χ1v) is 10.2. The first kappa shape index (κ1) is 23.8. The Balaban J connectivity index is 1.73. The zero-order valence-electron chi connectivity index (χ0n) is 18.5. The number of benzene rings is 2. The molecule has 0 bridgehead atoms. The average molecular weight is 472 g/mol. The molecule has 1 amide bonds. The van der Waals surface area contributed by atoms with E-state index < -0.39 is 23.4 Å². The number of hydrogen-bond donors (Lipinski definition) is 1. The van der Waals surface area contributed by atoms with Crippen LogP contribution in [0.5, 0.6) is 5.75 Å². The Morgan fingerprint density at radius 2 is 1.85 bits per heavy atom. The number of nitrogens with one attached hydrogen (secondary N) is 1. The van der Waals surface area contributed by atoms with Crippen LogP contribution in [0.3, 0.4) is 0 Å². The summed E-state index contributed by atoms with van der Waals surface area (Å²) < 4.78 is 12.4. The average Bonchev–Trinajstić information content (AvgIpc) is 3.07. The summed E-state index contributed by atoms with van der Waals surface area (Å²) in [4.78, 5) is 35.3. The lowest BCUT2D eigenvalue weighted by atomic mass is 10.2. The fourth-order valence-electron chi connectivity index (χ4n) is 3.47. The largest absolute Gasteiger partial charge is 0.495 e. The second-order valence-corrected chi connectivity index (χ2v) is 7.75. The van der Waals surface area contributed by atoms with Crippen LogP contribution < -0.4 is 10.1 Å². The van der Waals surface area contributed by atoms with Crippen molar-refractivity contribution in [1.29, 1.82) is 0 Å². The van der Waals surface area contributed by atoms with Crippen molar-refractivity contribution in [2.45, 2.75) is 20.8 Å². The van der Waals surface area contributed by atoms with E-state index >= 15 is 0 Å². The smallest absolute Gasteiger partial charge is 0.340 e. The van der Waals surface area contributed by atoms with Gasteiger partial charge in [0.05, 0.1) is 23.3 Å². The standard InChI is InChI=1S/C23H22ClN3O6/c1-13-9-17(27(30)31)6-7-19(13)25-22(28)12-33-23(29)18-10-14(2)26(15(18)3)20-11-16(24)5-8-21(20)32-4/h5-11H,12H2,1-4H3,(H,25,28). The van der Waals surface area contributed by atoms with E-state index in [0.717, 1.165) is 5.69 Å². The molecule has 0 aliphatic heterocycles. The summed E-state index contributed by atoms with van der Waals surface area (Å²) in [6.07, 6.45) is 0. The summed E-state index contributed by atoms with van der Waals surface area (Å²) in [6.45, 7) is 4.70. The van der Waals surface area contributed by atoms with Crippen molar-refractivity contribution in [3.63, 3.8) is 0 Å². The number of methoxy groups -OCH3 is 1. The third-order valence-electron chi connectivity index (χ3n) is 5.06. The molecule has 1 heterocycles. The van der Waals surface area contributed by atoms with Gasteiger partial charge >= 0.3 is 5.97 Å². The Kier molecular flexibility index (Phi) is 7.03. The van der Waals surface area contributed by atoms with Crippen LogP contribution in [0.4, 0.5) is 11.4 Å². The van der Waals surface area contributed by atoms with Gasteiger partial charge in [0.15, 0.2) is 6.61 Å². The zero-order chi connectivity index (χ0) is 24.3. The van der Waals surface area contributed by atoms with Gasteiger partial charge in [-0.2, -0.15) is 0 Å². The van der Waals surface area contributed by atoms with Crippen LogP contribution >= 0.6 is 11.6 Å². The highest BCUT2D eigenvalue weighted by atomic mass is 35.5. The van der Waals surface area contributed by atoms with Crippen LogP contribution in [0.2, 0.25) is 5.02 Å². The summed E-state index contributed by atoms with van der Waals surface area (Å²) in [5.41, 5.74) is 3.16. The van der Waals surface area contributed by atoms with Gasteiger partial charge in [-0.1, -0.05) is 11.6 Å². The molecule has 2 aromatic carbocycles. The minimum absolute atomic E-state index is 0.0800. The number of halogens is 1. The highest BCUT2D eigenvalue weighted by Crippen LogP contribution is 2.31. The fourth-order valence-corrected chi connectivity index (χ4v) is 3.64. The molecule has 0 radical (unpaired) electrons. The number of amides is 1. The van der Waals surface area contributed by atoms with Crippen LogP contribution in [0.15, 0.2) is 42.5 Å². The van der Waals surface area contributed by atoms with Gasteiger partial charge in [-0.25, -0.2) is 4.79 Å². The van der Waals surface area contributed by atoms with Crippen LogP contribution in [0, 0.1) is 30.9 Å². The number of aryl methyl sites for hydroxylation is 2. The molecule has 0 fully saturated rings. The van der Waals surface area contributed by atoms with E-state index in [1.54, 1.807) is 45.2 Å². The predicted octanol–water partition coefficient (Wildman–Crippen LogP) is 4.77. The first-order valence-electron chi connectivity index (χ1n) is 9.87. The highest BCUT2D eigenvalue weighted by Gasteiger charge is 2.21. The highest BCUT2D eigenvalue weighted by molar-refractivity contribution is 6.30. The second-order valence-electron chi connectivity index (χ2n) is 7.32. The molecule has 1 aromatic heterocycles. The molecule has 0 unspecified atom stereocenters. The van der Waals surface area contributed by atoms with Gasteiger partial charge in [-0.3, -0.25) is 14.9 Å². The molecule has 0 spiro atoms. The number of ether oxygens (including phenoxy) is 2. The summed E-state index contributed by atoms with van der Waals surface area (Å²) in [5, 5.41) is 13.9. The van der Waals surface area contributed by atoms with Crippen LogP contribution in [-0.4, -0.2) is 35.1 Å². The number of nitro groups is 1. The van der Waals surface area contributed by atoms with Crippen molar-refractivity contribution in [3.8, 4) is 11.4 Å². The molecule has 0 saturated carbocycles. The molecular weight excluding hydrogens is 450 g/mol. The number of nitro benzene ring substituents is 1. The lowest BCUT2D eigenvalue weighted by molar-refractivity contribution is -0.384. The van der Waals surface area contributed by atoms with E-state index in [1.165, 1.54) is 18.2 Å². The maximum Gasteiger partial charge on any atom is 0.340 e. The molecule has 1 N–H and O–H groups in total. The molecule has 33 heavy (non-hydrogen) atoms. The predicted molar refractivity (Wildman–Crippen MR) is 124 cm³/mol. The van der Waals surface area contributed by atoms with Crippen LogP contribution in [-0.2, 0) is 9.53 Å². The number of nitrogens with zero attached hydrogens (tertiary/aromatic N) is 2. The van der Waals surface area contributed by atoms with E-state index in [4.69, 9.17) is 21.1 Å². The topological polar surface area (TPSA) is 113 Å². The number of rotatable bonds is 7. The lowest BCUT2D eigenvalue weighted by Crippen LogP contribution is -2.21. The third-order valence-corrected chi connectivity index (χ3v) is 5.30. The number of aromatic nitrogens is 1. The fraction of sp³-hybridized carbons (Fsp3) is 0.217. The van der Waals surface area contributed by atoms with Crippen LogP contribution in [0.1, 0.15) is 27.3 Å². The summed E-state index contributed by atoms with van der Waals surface area (Å²) in [6, 6.07) is 10.9.